The summed E-state index contributed by atoms with van der Waals surface area (Å²) in [5, 5.41) is 23.8. The molecule has 0 aliphatic rings. The van der Waals surface area contributed by atoms with Gasteiger partial charge in [-0.25, -0.2) is 0 Å². The van der Waals surface area contributed by atoms with Crippen molar-refractivity contribution >= 4 is 11.9 Å². The van der Waals surface area contributed by atoms with Gasteiger partial charge in [-0.2, -0.15) is 0 Å². The lowest BCUT2D eigenvalue weighted by Crippen LogP contribution is -2.46. The SMILES string of the molecule is CC/C=C/C=C/C=C\CCCCCC(CC(=O)NC(CO)C(O)CCCCCCCCCCCCCCCCCC)OC(=O)CCCCCCCCC/C=C/C/C=C/CC. The van der Waals surface area contributed by atoms with E-state index in [9.17, 15) is 19.8 Å². The van der Waals surface area contributed by atoms with Crippen LogP contribution in [-0.4, -0.2) is 46.9 Å². The molecular weight excluding hydrogens is 743 g/mol. The number of rotatable bonds is 45. The Balaban J connectivity index is 4.53. The van der Waals surface area contributed by atoms with Crippen LogP contribution in [0.1, 0.15) is 245 Å². The first-order valence-electron chi connectivity index (χ1n) is 25.5. The summed E-state index contributed by atoms with van der Waals surface area (Å²) in [5.41, 5.74) is 0. The van der Waals surface area contributed by atoms with E-state index in [1.807, 2.05) is 12.2 Å². The summed E-state index contributed by atoms with van der Waals surface area (Å²) in [6.45, 7) is 6.24. The van der Waals surface area contributed by atoms with Crippen LogP contribution in [0, 0.1) is 0 Å². The topological polar surface area (TPSA) is 95.9 Å². The lowest BCUT2D eigenvalue weighted by molar-refractivity contribution is -0.151. The van der Waals surface area contributed by atoms with Gasteiger partial charge in [0.1, 0.15) is 6.10 Å². The number of aliphatic hydroxyl groups excluding tert-OH is 2. The van der Waals surface area contributed by atoms with E-state index in [2.05, 4.69) is 74.7 Å². The van der Waals surface area contributed by atoms with Crippen molar-refractivity contribution in [1.82, 2.24) is 5.32 Å². The van der Waals surface area contributed by atoms with Gasteiger partial charge >= 0.3 is 5.97 Å². The fourth-order valence-electron chi connectivity index (χ4n) is 7.59. The lowest BCUT2D eigenvalue weighted by atomic mass is 10.0. The molecule has 6 nitrogen and oxygen atoms in total. The summed E-state index contributed by atoms with van der Waals surface area (Å²) < 4.78 is 5.90. The van der Waals surface area contributed by atoms with Gasteiger partial charge in [0.2, 0.25) is 5.91 Å². The van der Waals surface area contributed by atoms with Gasteiger partial charge in [0.25, 0.3) is 0 Å². The van der Waals surface area contributed by atoms with E-state index in [0.29, 0.717) is 19.3 Å². The average molecular weight is 840 g/mol. The van der Waals surface area contributed by atoms with E-state index >= 15 is 0 Å². The zero-order chi connectivity index (χ0) is 43.8. The van der Waals surface area contributed by atoms with E-state index in [1.165, 1.54) is 109 Å². The number of hydrogen-bond acceptors (Lipinski definition) is 5. The third kappa shape index (κ3) is 42.3. The van der Waals surface area contributed by atoms with Gasteiger partial charge in [0.15, 0.2) is 0 Å². The predicted octanol–water partition coefficient (Wildman–Crippen LogP) is 15.2. The predicted molar refractivity (Wildman–Crippen MR) is 259 cm³/mol. The van der Waals surface area contributed by atoms with Crippen molar-refractivity contribution < 1.29 is 24.5 Å². The Morgan fingerprint density at radius 3 is 1.55 bits per heavy atom. The van der Waals surface area contributed by atoms with Crippen LogP contribution < -0.4 is 5.32 Å². The van der Waals surface area contributed by atoms with Gasteiger partial charge in [-0.3, -0.25) is 9.59 Å². The smallest absolute Gasteiger partial charge is 0.306 e. The average Bonchev–Trinajstić information content (AvgIpc) is 3.24. The number of unbranched alkanes of at least 4 members (excludes halogenated alkanes) is 25. The molecule has 0 aromatic heterocycles. The minimum absolute atomic E-state index is 0.0502. The van der Waals surface area contributed by atoms with Crippen LogP contribution in [-0.2, 0) is 14.3 Å². The van der Waals surface area contributed by atoms with Crippen molar-refractivity contribution in [3.63, 3.8) is 0 Å². The highest BCUT2D eigenvalue weighted by Crippen LogP contribution is 2.18. The Kier molecular flexibility index (Phi) is 45.7. The van der Waals surface area contributed by atoms with Crippen LogP contribution in [0.4, 0.5) is 0 Å². The van der Waals surface area contributed by atoms with E-state index in [-0.39, 0.29) is 24.9 Å². The van der Waals surface area contributed by atoms with E-state index in [0.717, 1.165) is 89.9 Å². The molecule has 60 heavy (non-hydrogen) atoms. The second-order valence-corrected chi connectivity index (χ2v) is 17.2. The molecule has 3 atom stereocenters. The maximum atomic E-state index is 13.2. The molecule has 0 aromatic rings. The normalized spacial score (nSPS) is 13.8. The molecule has 1 amide bonds. The van der Waals surface area contributed by atoms with Gasteiger partial charge in [-0.15, -0.1) is 0 Å². The lowest BCUT2D eigenvalue weighted by Gasteiger charge is -2.24. The number of ether oxygens (including phenoxy) is 1. The molecule has 348 valence electrons. The minimum Gasteiger partial charge on any atom is -0.462 e. The first-order chi connectivity index (χ1) is 29.5. The largest absolute Gasteiger partial charge is 0.462 e. The fraction of sp³-hybridized carbons (Fsp3) is 0.778. The molecule has 3 N–H and O–H groups in total. The second kappa shape index (κ2) is 47.6. The van der Waals surface area contributed by atoms with Crippen LogP contribution in [0.25, 0.3) is 0 Å². The van der Waals surface area contributed by atoms with Crippen LogP contribution in [0.5, 0.6) is 0 Å². The second-order valence-electron chi connectivity index (χ2n) is 17.2. The Morgan fingerprint density at radius 2 is 0.983 bits per heavy atom. The maximum absolute atomic E-state index is 13.2. The van der Waals surface area contributed by atoms with Crippen molar-refractivity contribution in [3.8, 4) is 0 Å². The quantitative estimate of drug-likeness (QED) is 0.0246. The maximum Gasteiger partial charge on any atom is 0.306 e. The van der Waals surface area contributed by atoms with Gasteiger partial charge in [-0.1, -0.05) is 223 Å². The Labute approximate surface area is 371 Å². The van der Waals surface area contributed by atoms with Gasteiger partial charge in [0, 0.05) is 6.42 Å². The summed E-state index contributed by atoms with van der Waals surface area (Å²) in [4.78, 5) is 26.1. The van der Waals surface area contributed by atoms with Gasteiger partial charge in [0.05, 0.1) is 25.2 Å². The van der Waals surface area contributed by atoms with Crippen molar-refractivity contribution in [2.45, 2.75) is 264 Å². The Hall–Kier alpha value is -2.44. The number of allylic oxidation sites excluding steroid dienone is 10. The molecule has 6 heteroatoms. The van der Waals surface area contributed by atoms with Crippen LogP contribution in [0.2, 0.25) is 0 Å². The van der Waals surface area contributed by atoms with E-state index < -0.39 is 18.2 Å². The highest BCUT2D eigenvalue weighted by Gasteiger charge is 2.24. The Morgan fingerprint density at radius 1 is 0.517 bits per heavy atom. The summed E-state index contributed by atoms with van der Waals surface area (Å²) in [5.74, 6) is -0.518. The first kappa shape index (κ1) is 57.6. The molecule has 0 saturated carbocycles. The third-order valence-electron chi connectivity index (χ3n) is 11.4. The van der Waals surface area contributed by atoms with E-state index in [1.54, 1.807) is 0 Å². The van der Waals surface area contributed by atoms with Gasteiger partial charge < -0.3 is 20.3 Å². The van der Waals surface area contributed by atoms with Crippen molar-refractivity contribution in [1.29, 1.82) is 0 Å². The number of carbonyl (C=O) groups excluding carboxylic acids is 2. The summed E-state index contributed by atoms with van der Waals surface area (Å²) in [7, 11) is 0. The third-order valence-corrected chi connectivity index (χ3v) is 11.4. The molecule has 0 heterocycles. The summed E-state index contributed by atoms with van der Waals surface area (Å²) in [6.07, 6.45) is 58.6. The van der Waals surface area contributed by atoms with Crippen LogP contribution >= 0.6 is 0 Å². The van der Waals surface area contributed by atoms with E-state index in [4.69, 9.17) is 4.74 Å². The number of hydrogen-bond donors (Lipinski definition) is 3. The highest BCUT2D eigenvalue weighted by atomic mass is 16.5. The number of nitrogens with one attached hydrogen (secondary N) is 1. The van der Waals surface area contributed by atoms with Crippen LogP contribution in [0.3, 0.4) is 0 Å². The number of amides is 1. The van der Waals surface area contributed by atoms with Gasteiger partial charge in [-0.05, 0) is 70.6 Å². The summed E-state index contributed by atoms with van der Waals surface area (Å²) >= 11 is 0. The molecule has 0 aliphatic carbocycles. The number of aliphatic hydroxyl groups is 2. The van der Waals surface area contributed by atoms with Crippen molar-refractivity contribution in [2.75, 3.05) is 6.61 Å². The molecular formula is C54H97NO5. The molecule has 0 saturated heterocycles. The molecule has 0 spiro atoms. The first-order valence-corrected chi connectivity index (χ1v) is 25.5. The molecule has 0 aromatic carbocycles. The standard InChI is InChI=1S/C54H97NO5/c1-4-7-10-13-16-19-22-24-26-27-28-31-34-37-40-43-46-52(57)51(49-56)55-53(58)48-50(45-42-39-36-33-30-21-18-15-12-9-6-3)60-54(59)47-44-41-38-35-32-29-25-23-20-17-14-11-8-5-2/h8-9,11-12,15,17-18,20-21,30,50-52,56-57H,4-7,10,13-14,16,19,22-29,31-49H2,1-3H3,(H,55,58)/b11-8+,12-9+,18-15+,20-17+,30-21-. The highest BCUT2D eigenvalue weighted by molar-refractivity contribution is 5.77. The molecule has 0 radical (unpaired) electrons. The fourth-order valence-corrected chi connectivity index (χ4v) is 7.59. The molecule has 0 aliphatic heterocycles. The molecule has 0 bridgehead atoms. The summed E-state index contributed by atoms with van der Waals surface area (Å²) in [6, 6.07) is -0.715. The number of esters is 1. The van der Waals surface area contributed by atoms with Crippen molar-refractivity contribution in [3.05, 3.63) is 60.8 Å². The Bertz CT molecular complexity index is 1080. The van der Waals surface area contributed by atoms with Crippen LogP contribution in [0.15, 0.2) is 60.8 Å². The molecule has 3 unspecified atom stereocenters. The minimum atomic E-state index is -0.799. The zero-order valence-electron chi connectivity index (χ0n) is 39.6. The molecule has 0 fully saturated rings. The monoisotopic (exact) mass is 840 g/mol. The zero-order valence-corrected chi connectivity index (χ0v) is 39.6. The molecule has 0 rings (SSSR count). The van der Waals surface area contributed by atoms with Crippen molar-refractivity contribution in [2.24, 2.45) is 0 Å². The number of carbonyl (C=O) groups is 2.